The number of carbonyl (C=O) groups is 2. The van der Waals surface area contributed by atoms with E-state index in [2.05, 4.69) is 11.3 Å². The molecule has 0 amide bonds. The Labute approximate surface area is 81.0 Å². The minimum Gasteiger partial charge on any atom is -0.386 e. The number of carbonyl (C=O) groups excluding carboxylic acids is 2. The van der Waals surface area contributed by atoms with Crippen LogP contribution in [0.25, 0.3) is 0 Å². The van der Waals surface area contributed by atoms with E-state index in [9.17, 15) is 9.59 Å². The molecule has 0 spiro atoms. The van der Waals surface area contributed by atoms with E-state index in [1.807, 2.05) is 0 Å². The Kier molecular flexibility index (Phi) is 1.93. The van der Waals surface area contributed by atoms with E-state index in [0.29, 0.717) is 17.5 Å². The predicted molar refractivity (Wildman–Crippen MR) is 50.1 cm³/mol. The third-order valence-electron chi connectivity index (χ3n) is 2.12. The standard InChI is InChI=1S/C11H8O3/c1-2-4-7-5-3-6-8-9(7)11(13)14-10(8)12/h2-3,5-6H,1,4H2. The average molecular weight is 188 g/mol. The Balaban J connectivity index is 2.61. The molecule has 0 aromatic heterocycles. The fourth-order valence-corrected chi connectivity index (χ4v) is 1.53. The molecule has 70 valence electrons. The summed E-state index contributed by atoms with van der Waals surface area (Å²) >= 11 is 0. The first-order valence-electron chi connectivity index (χ1n) is 4.23. The van der Waals surface area contributed by atoms with Gasteiger partial charge in [0.15, 0.2) is 0 Å². The Morgan fingerprint density at radius 2 is 2.07 bits per heavy atom. The maximum Gasteiger partial charge on any atom is 0.347 e. The second-order valence-electron chi connectivity index (χ2n) is 3.01. The highest BCUT2D eigenvalue weighted by molar-refractivity contribution is 6.15. The van der Waals surface area contributed by atoms with Crippen molar-refractivity contribution in [1.82, 2.24) is 0 Å². The van der Waals surface area contributed by atoms with E-state index in [1.54, 1.807) is 24.3 Å². The highest BCUT2D eigenvalue weighted by Gasteiger charge is 2.31. The van der Waals surface area contributed by atoms with Gasteiger partial charge in [0.25, 0.3) is 0 Å². The van der Waals surface area contributed by atoms with Gasteiger partial charge in [-0.3, -0.25) is 0 Å². The van der Waals surface area contributed by atoms with Crippen molar-refractivity contribution in [3.63, 3.8) is 0 Å². The normalized spacial score (nSPS) is 13.7. The third-order valence-corrected chi connectivity index (χ3v) is 2.12. The molecule has 1 aromatic carbocycles. The smallest absolute Gasteiger partial charge is 0.347 e. The number of hydrogen-bond acceptors (Lipinski definition) is 3. The van der Waals surface area contributed by atoms with Crippen LogP contribution in [0.15, 0.2) is 30.9 Å². The monoisotopic (exact) mass is 188 g/mol. The van der Waals surface area contributed by atoms with Gasteiger partial charge in [0, 0.05) is 0 Å². The van der Waals surface area contributed by atoms with Gasteiger partial charge < -0.3 is 4.74 Å². The van der Waals surface area contributed by atoms with Crippen molar-refractivity contribution in [2.24, 2.45) is 0 Å². The van der Waals surface area contributed by atoms with Gasteiger partial charge in [0.05, 0.1) is 11.1 Å². The minimum atomic E-state index is -0.559. The van der Waals surface area contributed by atoms with E-state index in [0.717, 1.165) is 5.56 Å². The lowest BCUT2D eigenvalue weighted by Gasteiger charge is -1.99. The SMILES string of the molecule is C=CCc1cccc2c1C(=O)OC2=O. The summed E-state index contributed by atoms with van der Waals surface area (Å²) in [6.45, 7) is 3.59. The second-order valence-corrected chi connectivity index (χ2v) is 3.01. The van der Waals surface area contributed by atoms with Crippen molar-refractivity contribution >= 4 is 11.9 Å². The van der Waals surface area contributed by atoms with Crippen LogP contribution in [0, 0.1) is 0 Å². The zero-order chi connectivity index (χ0) is 10.1. The number of hydrogen-bond donors (Lipinski definition) is 0. The fourth-order valence-electron chi connectivity index (χ4n) is 1.53. The number of fused-ring (bicyclic) bond motifs is 1. The number of benzene rings is 1. The van der Waals surface area contributed by atoms with Gasteiger partial charge in [-0.1, -0.05) is 18.2 Å². The van der Waals surface area contributed by atoms with Gasteiger partial charge in [-0.05, 0) is 18.1 Å². The fraction of sp³-hybridized carbons (Fsp3) is 0.0909. The number of ether oxygens (including phenoxy) is 1. The van der Waals surface area contributed by atoms with Crippen molar-refractivity contribution in [2.75, 3.05) is 0 Å². The molecule has 1 heterocycles. The zero-order valence-corrected chi connectivity index (χ0v) is 7.45. The Morgan fingerprint density at radius 1 is 1.29 bits per heavy atom. The van der Waals surface area contributed by atoms with Crippen LogP contribution in [0.3, 0.4) is 0 Å². The number of esters is 2. The Bertz CT molecular complexity index is 432. The van der Waals surface area contributed by atoms with E-state index >= 15 is 0 Å². The van der Waals surface area contributed by atoms with Crippen molar-refractivity contribution in [1.29, 1.82) is 0 Å². The lowest BCUT2D eigenvalue weighted by atomic mass is 10.0. The highest BCUT2D eigenvalue weighted by Crippen LogP contribution is 2.23. The number of allylic oxidation sites excluding steroid dienone is 1. The molecule has 1 aromatic rings. The first-order chi connectivity index (χ1) is 6.74. The molecule has 0 saturated carbocycles. The summed E-state index contributed by atoms with van der Waals surface area (Å²) in [5.41, 5.74) is 1.53. The largest absolute Gasteiger partial charge is 0.386 e. The van der Waals surface area contributed by atoms with E-state index < -0.39 is 11.9 Å². The molecule has 0 saturated heterocycles. The first-order valence-corrected chi connectivity index (χ1v) is 4.23. The van der Waals surface area contributed by atoms with Gasteiger partial charge in [0.1, 0.15) is 0 Å². The van der Waals surface area contributed by atoms with Crippen molar-refractivity contribution in [3.05, 3.63) is 47.5 Å². The highest BCUT2D eigenvalue weighted by atomic mass is 16.6. The maximum atomic E-state index is 11.3. The Morgan fingerprint density at radius 3 is 2.79 bits per heavy atom. The molecule has 1 aliphatic rings. The van der Waals surface area contributed by atoms with E-state index in [-0.39, 0.29) is 0 Å². The topological polar surface area (TPSA) is 43.4 Å². The van der Waals surface area contributed by atoms with Crippen LogP contribution < -0.4 is 0 Å². The third kappa shape index (κ3) is 1.14. The summed E-state index contributed by atoms with van der Waals surface area (Å²) < 4.78 is 4.51. The van der Waals surface area contributed by atoms with Crippen LogP contribution in [0.5, 0.6) is 0 Å². The average Bonchev–Trinajstić information content (AvgIpc) is 2.44. The van der Waals surface area contributed by atoms with Gasteiger partial charge in [0.2, 0.25) is 0 Å². The molecule has 0 unspecified atom stereocenters. The Hall–Kier alpha value is -1.90. The molecule has 0 N–H and O–H groups in total. The predicted octanol–water partition coefficient (Wildman–Crippen LogP) is 1.73. The molecule has 1 aliphatic heterocycles. The van der Waals surface area contributed by atoms with Gasteiger partial charge in [-0.2, -0.15) is 0 Å². The summed E-state index contributed by atoms with van der Waals surface area (Å²) in [6.07, 6.45) is 2.25. The molecule has 0 bridgehead atoms. The second kappa shape index (κ2) is 3.10. The molecule has 0 fully saturated rings. The lowest BCUT2D eigenvalue weighted by Crippen LogP contribution is -1.99. The van der Waals surface area contributed by atoms with Gasteiger partial charge >= 0.3 is 11.9 Å². The molecular weight excluding hydrogens is 180 g/mol. The summed E-state index contributed by atoms with van der Waals surface area (Å²) in [5, 5.41) is 0. The van der Waals surface area contributed by atoms with Crippen molar-refractivity contribution < 1.29 is 14.3 Å². The molecule has 2 rings (SSSR count). The molecule has 3 heteroatoms. The van der Waals surface area contributed by atoms with Crippen LogP contribution in [0.2, 0.25) is 0 Å². The summed E-state index contributed by atoms with van der Waals surface area (Å²) in [7, 11) is 0. The minimum absolute atomic E-state index is 0.356. The van der Waals surface area contributed by atoms with Crippen LogP contribution >= 0.6 is 0 Å². The molecular formula is C11H8O3. The van der Waals surface area contributed by atoms with Crippen LogP contribution in [-0.4, -0.2) is 11.9 Å². The van der Waals surface area contributed by atoms with Crippen molar-refractivity contribution in [2.45, 2.75) is 6.42 Å². The van der Waals surface area contributed by atoms with Crippen molar-refractivity contribution in [3.8, 4) is 0 Å². The zero-order valence-electron chi connectivity index (χ0n) is 7.45. The van der Waals surface area contributed by atoms with Crippen LogP contribution in [0.1, 0.15) is 26.3 Å². The summed E-state index contributed by atoms with van der Waals surface area (Å²) in [6, 6.07) is 5.12. The van der Waals surface area contributed by atoms with Crippen LogP contribution in [0.4, 0.5) is 0 Å². The maximum absolute atomic E-state index is 11.3. The lowest BCUT2D eigenvalue weighted by molar-refractivity contribution is 0.0443. The van der Waals surface area contributed by atoms with E-state index in [1.165, 1.54) is 0 Å². The molecule has 0 atom stereocenters. The van der Waals surface area contributed by atoms with Gasteiger partial charge in [-0.15, -0.1) is 6.58 Å². The molecule has 14 heavy (non-hydrogen) atoms. The summed E-state index contributed by atoms with van der Waals surface area (Å²) in [4.78, 5) is 22.5. The summed E-state index contributed by atoms with van der Waals surface area (Å²) in [5.74, 6) is -1.11. The number of rotatable bonds is 2. The number of cyclic esters (lactones) is 2. The van der Waals surface area contributed by atoms with Gasteiger partial charge in [-0.25, -0.2) is 9.59 Å². The molecule has 0 aliphatic carbocycles. The van der Waals surface area contributed by atoms with Crippen LogP contribution in [-0.2, 0) is 11.2 Å². The molecule has 0 radical (unpaired) electrons. The first kappa shape index (κ1) is 8.69. The van der Waals surface area contributed by atoms with E-state index in [4.69, 9.17) is 0 Å². The quantitative estimate of drug-likeness (QED) is 0.403. The molecule has 3 nitrogen and oxygen atoms in total.